The van der Waals surface area contributed by atoms with Gasteiger partial charge >= 0.3 is 6.09 Å². The van der Waals surface area contributed by atoms with Crippen molar-refractivity contribution in [2.75, 3.05) is 46.2 Å². The summed E-state index contributed by atoms with van der Waals surface area (Å²) in [5.74, 6) is 0.464. The van der Waals surface area contributed by atoms with Crippen LogP contribution in [0, 0.1) is 11.3 Å². The summed E-state index contributed by atoms with van der Waals surface area (Å²) in [7, 11) is -4.26. The molecule has 3 heterocycles. The first-order chi connectivity index (χ1) is 23.9. The fourth-order valence-corrected chi connectivity index (χ4v) is 8.57. The summed E-state index contributed by atoms with van der Waals surface area (Å²) in [5.41, 5.74) is 0.173. The number of alkyl carbamates (subject to hydrolysis) is 1. The Kier molecular flexibility index (Phi) is 12.5. The van der Waals surface area contributed by atoms with Gasteiger partial charge in [-0.05, 0) is 62.1 Å². The van der Waals surface area contributed by atoms with E-state index in [9.17, 15) is 28.2 Å². The number of hydrogen-bond donors (Lipinski definition) is 2. The molecular weight excluding hydrogens is 670 g/mol. The lowest BCUT2D eigenvalue weighted by Gasteiger charge is -2.43. The quantitative estimate of drug-likeness (QED) is 0.230. The van der Waals surface area contributed by atoms with Crippen LogP contribution < -0.4 is 19.9 Å². The van der Waals surface area contributed by atoms with Gasteiger partial charge in [0.05, 0.1) is 42.9 Å². The maximum absolute atomic E-state index is 14.4. The SMILES string of the molecule is CCNC(=O)OCCCCC(C)(C)CN(C[C@@H](O)[C@H](Cc1ccccc1)N(C(=O)[O-])[C@H]1CO[C@H]2OCC[C@H]21)S(=O)(=O)c1ccc2c(c1)OCO2. The van der Waals surface area contributed by atoms with Crippen LogP contribution >= 0.6 is 0 Å². The van der Waals surface area contributed by atoms with Gasteiger partial charge in [-0.2, -0.15) is 4.31 Å². The van der Waals surface area contributed by atoms with Crippen LogP contribution in [-0.2, 0) is 30.7 Å². The maximum Gasteiger partial charge on any atom is 0.407 e. The monoisotopic (exact) mass is 718 g/mol. The normalized spacial score (nSPS) is 21.1. The number of carbonyl (C=O) groups is 2. The second-order valence-corrected chi connectivity index (χ2v) is 15.6. The standard InChI is InChI=1S/C35H49N3O11S/c1-4-36-33(40)46-16-9-8-15-35(2,3)22-37(50(43,44)25-12-13-30-31(19-25)49-23-48-30)20-29(39)27(18-24-10-6-5-7-11-24)38(34(41)42)28-21-47-32-26(28)14-17-45-32/h5-7,10-13,19,26-29,32,39H,4,8-9,14-18,20-23H2,1-3H3,(H,36,40)(H,41,42)/p-1/t26-,27-,28-,29+,32+/m0/s1. The number of aliphatic hydroxyl groups is 1. The summed E-state index contributed by atoms with van der Waals surface area (Å²) in [6.45, 7) is 6.40. The number of amides is 2. The molecule has 0 radical (unpaired) electrons. The Morgan fingerprint density at radius 1 is 1.10 bits per heavy atom. The van der Waals surface area contributed by atoms with Gasteiger partial charge in [-0.1, -0.05) is 44.2 Å². The second-order valence-electron chi connectivity index (χ2n) is 13.7. The van der Waals surface area contributed by atoms with Gasteiger partial charge in [0.25, 0.3) is 0 Å². The van der Waals surface area contributed by atoms with Crippen LogP contribution in [0.3, 0.4) is 0 Å². The molecule has 0 saturated carbocycles. The Hall–Kier alpha value is -3.63. The molecule has 0 unspecified atom stereocenters. The van der Waals surface area contributed by atoms with Gasteiger partial charge in [-0.3, -0.25) is 0 Å². The van der Waals surface area contributed by atoms with Gasteiger partial charge in [0.2, 0.25) is 16.8 Å². The van der Waals surface area contributed by atoms with Crippen LogP contribution in [0.15, 0.2) is 53.4 Å². The number of carboxylic acid groups (broad SMARTS) is 1. The molecule has 0 aliphatic carbocycles. The molecule has 3 aliphatic rings. The van der Waals surface area contributed by atoms with Crippen LogP contribution in [0.1, 0.15) is 52.0 Å². The van der Waals surface area contributed by atoms with Gasteiger partial charge in [0, 0.05) is 31.6 Å². The summed E-state index contributed by atoms with van der Waals surface area (Å²) in [5, 5.41) is 27.6. The van der Waals surface area contributed by atoms with Crippen LogP contribution in [0.5, 0.6) is 11.5 Å². The highest BCUT2D eigenvalue weighted by atomic mass is 32.2. The third-order valence-electron chi connectivity index (χ3n) is 9.44. The molecule has 2 saturated heterocycles. The lowest BCUT2D eigenvalue weighted by molar-refractivity contribution is -0.273. The Morgan fingerprint density at radius 3 is 2.60 bits per heavy atom. The minimum atomic E-state index is -4.26. The first kappa shape index (κ1) is 37.6. The lowest BCUT2D eigenvalue weighted by atomic mass is 9.87. The zero-order chi connectivity index (χ0) is 35.9. The van der Waals surface area contributed by atoms with Crippen molar-refractivity contribution in [3.63, 3.8) is 0 Å². The summed E-state index contributed by atoms with van der Waals surface area (Å²) >= 11 is 0. The summed E-state index contributed by atoms with van der Waals surface area (Å²) in [6.07, 6.45) is -1.48. The van der Waals surface area contributed by atoms with Crippen molar-refractivity contribution in [2.24, 2.45) is 11.3 Å². The molecule has 15 heteroatoms. The highest BCUT2D eigenvalue weighted by molar-refractivity contribution is 7.89. The van der Waals surface area contributed by atoms with Crippen LogP contribution in [0.25, 0.3) is 0 Å². The molecule has 2 aromatic rings. The third kappa shape index (κ3) is 9.18. The second kappa shape index (κ2) is 16.6. The number of hydrogen-bond acceptors (Lipinski definition) is 11. The fraction of sp³-hybridized carbons (Fsp3) is 0.600. The Labute approximate surface area is 293 Å². The van der Waals surface area contributed by atoms with E-state index in [1.54, 1.807) is 6.92 Å². The molecule has 2 amide bonds. The first-order valence-corrected chi connectivity index (χ1v) is 18.6. The molecule has 0 aromatic heterocycles. The average molecular weight is 719 g/mol. The summed E-state index contributed by atoms with van der Waals surface area (Å²) in [6, 6.07) is 11.8. The highest BCUT2D eigenvalue weighted by Crippen LogP contribution is 2.38. The molecule has 5 rings (SSSR count). The number of nitrogens with zero attached hydrogens (tertiary/aromatic N) is 2. The predicted molar refractivity (Wildman–Crippen MR) is 179 cm³/mol. The van der Waals surface area contributed by atoms with Crippen molar-refractivity contribution in [1.29, 1.82) is 0 Å². The minimum absolute atomic E-state index is 0.00642. The minimum Gasteiger partial charge on any atom is -0.530 e. The van der Waals surface area contributed by atoms with Gasteiger partial charge in [0.1, 0.15) is 6.09 Å². The van der Waals surface area contributed by atoms with E-state index in [4.69, 9.17) is 23.7 Å². The lowest BCUT2D eigenvalue weighted by Crippen LogP contribution is -2.61. The number of nitrogens with one attached hydrogen (secondary N) is 1. The summed E-state index contributed by atoms with van der Waals surface area (Å²) in [4.78, 5) is 25.7. The first-order valence-electron chi connectivity index (χ1n) is 17.1. The van der Waals surface area contributed by atoms with Gasteiger partial charge in [-0.15, -0.1) is 0 Å². The van der Waals surface area contributed by atoms with E-state index in [1.807, 2.05) is 44.2 Å². The number of unbranched alkanes of at least 4 members (excludes halogenated alkanes) is 1. The number of sulfonamides is 1. The van der Waals surface area contributed by atoms with Gasteiger partial charge < -0.3 is 48.9 Å². The van der Waals surface area contributed by atoms with E-state index in [0.717, 1.165) is 10.5 Å². The zero-order valence-electron chi connectivity index (χ0n) is 28.8. The molecule has 2 fully saturated rings. The third-order valence-corrected chi connectivity index (χ3v) is 11.3. The van der Waals surface area contributed by atoms with E-state index < -0.39 is 58.6 Å². The van der Waals surface area contributed by atoms with Crippen molar-refractivity contribution < 1.29 is 51.9 Å². The highest BCUT2D eigenvalue weighted by Gasteiger charge is 2.47. The van der Waals surface area contributed by atoms with Crippen molar-refractivity contribution in [3.05, 3.63) is 54.1 Å². The van der Waals surface area contributed by atoms with Gasteiger partial charge in [-0.25, -0.2) is 13.2 Å². The van der Waals surface area contributed by atoms with E-state index >= 15 is 0 Å². The topological polar surface area (TPSA) is 176 Å². The Bertz CT molecular complexity index is 1560. The molecule has 276 valence electrons. The van der Waals surface area contributed by atoms with Crippen LogP contribution in [0.2, 0.25) is 0 Å². The molecule has 2 aromatic carbocycles. The Balaban J connectivity index is 1.42. The van der Waals surface area contributed by atoms with Crippen molar-refractivity contribution in [1.82, 2.24) is 14.5 Å². The molecule has 2 N–H and O–H groups in total. The van der Waals surface area contributed by atoms with Crippen molar-refractivity contribution in [3.8, 4) is 11.5 Å². The van der Waals surface area contributed by atoms with Gasteiger partial charge in [0.15, 0.2) is 17.8 Å². The molecule has 0 bridgehead atoms. The number of benzene rings is 2. The van der Waals surface area contributed by atoms with E-state index in [-0.39, 0.29) is 49.5 Å². The fourth-order valence-electron chi connectivity index (χ4n) is 6.91. The summed E-state index contributed by atoms with van der Waals surface area (Å²) < 4.78 is 57.5. The molecule has 0 spiro atoms. The molecule has 14 nitrogen and oxygen atoms in total. The number of rotatable bonds is 17. The van der Waals surface area contributed by atoms with Crippen molar-refractivity contribution >= 4 is 22.2 Å². The maximum atomic E-state index is 14.4. The number of ether oxygens (including phenoxy) is 5. The molecule has 5 atom stereocenters. The Morgan fingerprint density at radius 2 is 1.86 bits per heavy atom. The average Bonchev–Trinajstić information content (AvgIpc) is 3.83. The largest absolute Gasteiger partial charge is 0.530 e. The van der Waals surface area contributed by atoms with Crippen molar-refractivity contribution in [2.45, 2.75) is 82.2 Å². The molecule has 3 aliphatic heterocycles. The van der Waals surface area contributed by atoms with Crippen LogP contribution in [0.4, 0.5) is 9.59 Å². The molecular formula is C35H48N3O11S-. The van der Waals surface area contributed by atoms with E-state index in [1.165, 1.54) is 22.5 Å². The zero-order valence-corrected chi connectivity index (χ0v) is 29.6. The van der Waals surface area contributed by atoms with E-state index in [0.29, 0.717) is 44.6 Å². The smallest absolute Gasteiger partial charge is 0.407 e. The number of aliphatic hydroxyl groups excluding tert-OH is 1. The van der Waals surface area contributed by atoms with Crippen LogP contribution in [-0.4, -0.2) is 106 Å². The van der Waals surface area contributed by atoms with E-state index in [2.05, 4.69) is 5.32 Å². The number of carbonyl (C=O) groups excluding carboxylic acids is 2. The predicted octanol–water partition coefficient (Wildman–Crippen LogP) is 2.73. The number of fused-ring (bicyclic) bond motifs is 2. The molecule has 50 heavy (non-hydrogen) atoms.